The van der Waals surface area contributed by atoms with Crippen LogP contribution in [0.15, 0.2) is 11.6 Å². The van der Waals surface area contributed by atoms with Crippen LogP contribution in [-0.4, -0.2) is 22.0 Å². The van der Waals surface area contributed by atoms with Crippen molar-refractivity contribution in [2.24, 2.45) is 0 Å². The van der Waals surface area contributed by atoms with Crippen molar-refractivity contribution in [3.63, 3.8) is 0 Å². The number of hydrogen-bond acceptors (Lipinski definition) is 5. The number of thiazole rings is 1. The summed E-state index contributed by atoms with van der Waals surface area (Å²) in [4.78, 5) is 13.5. The molecule has 3 rings (SSSR count). The lowest BCUT2D eigenvalue weighted by molar-refractivity contribution is 0.977. The standard InChI is InChI=1S/C11H11IN4S/c1-13-9-7(12)8(6-2-3-6)15-10(16-9)11-14-4-5-17-11/h4-6H,2-3H2,1H3,(H,13,15,16). The summed E-state index contributed by atoms with van der Waals surface area (Å²) in [6.45, 7) is 0. The highest BCUT2D eigenvalue weighted by Gasteiger charge is 2.29. The van der Waals surface area contributed by atoms with Crippen molar-refractivity contribution < 1.29 is 0 Å². The van der Waals surface area contributed by atoms with E-state index in [2.05, 4.69) is 42.9 Å². The normalized spacial score (nSPS) is 14.9. The van der Waals surface area contributed by atoms with Gasteiger partial charge in [0.05, 0.1) is 9.26 Å². The fraction of sp³-hybridized carbons (Fsp3) is 0.364. The SMILES string of the molecule is CNc1nc(-c2nccs2)nc(C2CC2)c1I. The van der Waals surface area contributed by atoms with Crippen LogP contribution < -0.4 is 5.32 Å². The summed E-state index contributed by atoms with van der Waals surface area (Å²) < 4.78 is 1.15. The third-order valence-electron chi connectivity index (χ3n) is 2.70. The maximum Gasteiger partial charge on any atom is 0.191 e. The summed E-state index contributed by atoms with van der Waals surface area (Å²) in [6.07, 6.45) is 4.28. The molecule has 17 heavy (non-hydrogen) atoms. The van der Waals surface area contributed by atoms with Gasteiger partial charge in [-0.2, -0.15) is 0 Å². The maximum absolute atomic E-state index is 4.67. The minimum Gasteiger partial charge on any atom is -0.372 e. The average Bonchev–Trinajstić information content (AvgIpc) is 3.04. The van der Waals surface area contributed by atoms with Crippen LogP contribution in [0.5, 0.6) is 0 Å². The van der Waals surface area contributed by atoms with Crippen LogP contribution >= 0.6 is 33.9 Å². The smallest absolute Gasteiger partial charge is 0.191 e. The molecule has 0 saturated heterocycles. The predicted octanol–water partition coefficient (Wildman–Crippen LogP) is 3.12. The second-order valence-corrected chi connectivity index (χ2v) is 5.93. The molecule has 6 heteroatoms. The maximum atomic E-state index is 4.67. The van der Waals surface area contributed by atoms with Crippen LogP contribution in [0.1, 0.15) is 24.5 Å². The molecule has 1 N–H and O–H groups in total. The van der Waals surface area contributed by atoms with E-state index in [9.17, 15) is 0 Å². The topological polar surface area (TPSA) is 50.7 Å². The first-order valence-corrected chi connectivity index (χ1v) is 7.40. The fourth-order valence-electron chi connectivity index (χ4n) is 1.69. The monoisotopic (exact) mass is 358 g/mol. The van der Waals surface area contributed by atoms with Gasteiger partial charge in [-0.1, -0.05) is 0 Å². The number of anilines is 1. The Hall–Kier alpha value is -0.760. The highest BCUT2D eigenvalue weighted by Crippen LogP contribution is 2.42. The Morgan fingerprint density at radius 2 is 2.24 bits per heavy atom. The van der Waals surface area contributed by atoms with Gasteiger partial charge in [-0.25, -0.2) is 15.0 Å². The number of nitrogens with zero attached hydrogens (tertiary/aromatic N) is 3. The molecule has 0 spiro atoms. The molecule has 4 nitrogen and oxygen atoms in total. The highest BCUT2D eigenvalue weighted by molar-refractivity contribution is 14.1. The second kappa shape index (κ2) is 4.49. The van der Waals surface area contributed by atoms with E-state index < -0.39 is 0 Å². The minimum absolute atomic E-state index is 0.621. The van der Waals surface area contributed by atoms with E-state index >= 15 is 0 Å². The molecule has 1 saturated carbocycles. The molecular weight excluding hydrogens is 347 g/mol. The fourth-order valence-corrected chi connectivity index (χ4v) is 3.21. The van der Waals surface area contributed by atoms with Gasteiger partial charge in [-0.05, 0) is 35.4 Å². The molecule has 88 valence electrons. The molecule has 0 bridgehead atoms. The van der Waals surface area contributed by atoms with Gasteiger partial charge in [0.1, 0.15) is 5.82 Å². The average molecular weight is 358 g/mol. The largest absolute Gasteiger partial charge is 0.372 e. The van der Waals surface area contributed by atoms with Crippen LogP contribution in [0.4, 0.5) is 5.82 Å². The Labute approximate surface area is 117 Å². The zero-order chi connectivity index (χ0) is 11.8. The van der Waals surface area contributed by atoms with Gasteiger partial charge in [0.15, 0.2) is 10.8 Å². The molecule has 1 fully saturated rings. The number of hydrogen-bond donors (Lipinski definition) is 1. The second-order valence-electron chi connectivity index (χ2n) is 3.96. The highest BCUT2D eigenvalue weighted by atomic mass is 127. The first kappa shape index (κ1) is 11.3. The van der Waals surface area contributed by atoms with E-state index in [4.69, 9.17) is 0 Å². The van der Waals surface area contributed by atoms with E-state index in [1.165, 1.54) is 18.5 Å². The quantitative estimate of drug-likeness (QED) is 0.857. The summed E-state index contributed by atoms with van der Waals surface area (Å²) in [7, 11) is 1.90. The summed E-state index contributed by atoms with van der Waals surface area (Å²) in [5.41, 5.74) is 1.18. The lowest BCUT2D eigenvalue weighted by Gasteiger charge is -2.09. The third-order valence-corrected chi connectivity index (χ3v) is 4.53. The number of aromatic nitrogens is 3. The summed E-state index contributed by atoms with van der Waals surface area (Å²) >= 11 is 3.90. The zero-order valence-corrected chi connectivity index (χ0v) is 12.2. The Morgan fingerprint density at radius 3 is 2.82 bits per heavy atom. The third kappa shape index (κ3) is 2.15. The Morgan fingerprint density at radius 1 is 1.41 bits per heavy atom. The van der Waals surface area contributed by atoms with E-state index in [0.717, 1.165) is 20.2 Å². The molecule has 0 atom stereocenters. The van der Waals surface area contributed by atoms with Crippen LogP contribution in [0.2, 0.25) is 0 Å². The van der Waals surface area contributed by atoms with Gasteiger partial charge in [-0.15, -0.1) is 11.3 Å². The number of rotatable bonds is 3. The Bertz CT molecular complexity index is 537. The van der Waals surface area contributed by atoms with Gasteiger partial charge < -0.3 is 5.32 Å². The van der Waals surface area contributed by atoms with Gasteiger partial charge in [0, 0.05) is 24.5 Å². The first-order valence-electron chi connectivity index (χ1n) is 5.44. The molecular formula is C11H11IN4S. The lowest BCUT2D eigenvalue weighted by atomic mass is 10.2. The Balaban J connectivity index is 2.13. The van der Waals surface area contributed by atoms with E-state index in [-0.39, 0.29) is 0 Å². The van der Waals surface area contributed by atoms with Gasteiger partial charge in [0.25, 0.3) is 0 Å². The molecule has 1 aliphatic carbocycles. The van der Waals surface area contributed by atoms with E-state index in [1.54, 1.807) is 17.5 Å². The van der Waals surface area contributed by atoms with Crippen molar-refractivity contribution in [3.8, 4) is 10.8 Å². The molecule has 2 aromatic heterocycles. The van der Waals surface area contributed by atoms with Crippen molar-refractivity contribution >= 4 is 39.7 Å². The van der Waals surface area contributed by atoms with Crippen molar-refractivity contribution in [1.82, 2.24) is 15.0 Å². The Kier molecular flexibility index (Phi) is 2.99. The van der Waals surface area contributed by atoms with Crippen LogP contribution in [0.25, 0.3) is 10.8 Å². The number of halogens is 1. The van der Waals surface area contributed by atoms with E-state index in [0.29, 0.717) is 5.92 Å². The molecule has 0 aliphatic heterocycles. The molecule has 2 heterocycles. The summed E-state index contributed by atoms with van der Waals surface area (Å²) in [6, 6.07) is 0. The van der Waals surface area contributed by atoms with Crippen LogP contribution in [-0.2, 0) is 0 Å². The van der Waals surface area contributed by atoms with Gasteiger partial charge >= 0.3 is 0 Å². The molecule has 0 radical (unpaired) electrons. The number of nitrogens with one attached hydrogen (secondary N) is 1. The molecule has 0 aromatic carbocycles. The summed E-state index contributed by atoms with van der Waals surface area (Å²) in [5, 5.41) is 5.98. The van der Waals surface area contributed by atoms with Gasteiger partial charge in [-0.3, -0.25) is 0 Å². The van der Waals surface area contributed by atoms with Crippen molar-refractivity contribution in [3.05, 3.63) is 20.8 Å². The predicted molar refractivity (Wildman–Crippen MR) is 77.4 cm³/mol. The van der Waals surface area contributed by atoms with Crippen LogP contribution in [0.3, 0.4) is 0 Å². The van der Waals surface area contributed by atoms with E-state index in [1.807, 2.05) is 12.4 Å². The van der Waals surface area contributed by atoms with Crippen LogP contribution in [0, 0.1) is 3.57 Å². The van der Waals surface area contributed by atoms with Gasteiger partial charge in [0.2, 0.25) is 0 Å². The summed E-state index contributed by atoms with van der Waals surface area (Å²) in [5.74, 6) is 2.27. The van der Waals surface area contributed by atoms with Crippen molar-refractivity contribution in [1.29, 1.82) is 0 Å². The molecule has 1 aliphatic rings. The first-order chi connectivity index (χ1) is 8.29. The zero-order valence-electron chi connectivity index (χ0n) is 9.27. The molecule has 0 unspecified atom stereocenters. The minimum atomic E-state index is 0.621. The lowest BCUT2D eigenvalue weighted by Crippen LogP contribution is -2.04. The molecule has 0 amide bonds. The molecule has 2 aromatic rings. The van der Waals surface area contributed by atoms with Crippen molar-refractivity contribution in [2.45, 2.75) is 18.8 Å². The van der Waals surface area contributed by atoms with Crippen molar-refractivity contribution in [2.75, 3.05) is 12.4 Å².